The van der Waals surface area contributed by atoms with Crippen molar-refractivity contribution in [3.63, 3.8) is 0 Å². The van der Waals surface area contributed by atoms with Gasteiger partial charge in [0.25, 0.3) is 5.91 Å². The molecule has 2 rings (SSSR count). The number of hydrogen-bond acceptors (Lipinski definition) is 2. The van der Waals surface area contributed by atoms with Crippen LogP contribution in [0.25, 0.3) is 10.9 Å². The van der Waals surface area contributed by atoms with E-state index in [4.69, 9.17) is 0 Å². The van der Waals surface area contributed by atoms with Gasteiger partial charge in [-0.2, -0.15) is 0 Å². The average molecular weight is 260 g/mol. The maximum atomic E-state index is 12.2. The number of amides is 1. The van der Waals surface area contributed by atoms with Gasteiger partial charge >= 0.3 is 0 Å². The Morgan fingerprint density at radius 3 is 2.74 bits per heavy atom. The van der Waals surface area contributed by atoms with E-state index in [0.29, 0.717) is 12.1 Å². The maximum absolute atomic E-state index is 12.2. The van der Waals surface area contributed by atoms with Gasteiger partial charge in [-0.25, -0.2) is 0 Å². The molecule has 1 aromatic carbocycles. The minimum absolute atomic E-state index is 0.0685. The fourth-order valence-electron chi connectivity index (χ4n) is 2.29. The van der Waals surface area contributed by atoms with Gasteiger partial charge in [-0.1, -0.05) is 0 Å². The molecule has 0 saturated heterocycles. The summed E-state index contributed by atoms with van der Waals surface area (Å²) in [4.78, 5) is 17.1. The lowest BCUT2D eigenvalue weighted by atomic mass is 10.1. The second-order valence-electron chi connectivity index (χ2n) is 5.17. The number of aryl methyl sites for hydroxylation is 2. The summed E-state index contributed by atoms with van der Waals surface area (Å²) < 4.78 is 0. The van der Waals surface area contributed by atoms with E-state index in [1.165, 1.54) is 5.56 Å². The monoisotopic (exact) mass is 260 g/mol. The quantitative estimate of drug-likeness (QED) is 0.889. The largest absolute Gasteiger partial charge is 0.392 e. The molecule has 19 heavy (non-hydrogen) atoms. The van der Waals surface area contributed by atoms with E-state index in [-0.39, 0.29) is 5.91 Å². The minimum Gasteiger partial charge on any atom is -0.392 e. The second-order valence-corrected chi connectivity index (χ2v) is 5.17. The van der Waals surface area contributed by atoms with Gasteiger partial charge in [-0.05, 0) is 44.5 Å². The van der Waals surface area contributed by atoms with E-state index in [9.17, 15) is 9.90 Å². The van der Waals surface area contributed by atoms with Crippen LogP contribution >= 0.6 is 0 Å². The zero-order valence-corrected chi connectivity index (χ0v) is 11.8. The smallest absolute Gasteiger partial charge is 0.253 e. The summed E-state index contributed by atoms with van der Waals surface area (Å²) in [6.07, 6.45) is -0.520. The van der Waals surface area contributed by atoms with Gasteiger partial charge in [0.05, 0.1) is 6.10 Å². The molecule has 0 aliphatic carbocycles. The number of rotatable bonds is 3. The van der Waals surface area contributed by atoms with Gasteiger partial charge in [0.2, 0.25) is 0 Å². The predicted octanol–water partition coefficient (Wildman–Crippen LogP) is 2.24. The van der Waals surface area contributed by atoms with Crippen molar-refractivity contribution in [3.05, 3.63) is 35.0 Å². The van der Waals surface area contributed by atoms with Crippen molar-refractivity contribution < 1.29 is 9.90 Å². The standard InChI is InChI=1S/C15H20N2O2/c1-9(18)8-17(4)15(19)12-5-6-14-13(7-12)10(2)11(3)16-14/h5-7,9,16,18H,8H2,1-4H3. The number of H-pyrrole nitrogens is 1. The van der Waals surface area contributed by atoms with Crippen molar-refractivity contribution in [2.75, 3.05) is 13.6 Å². The molecule has 0 aliphatic heterocycles. The molecule has 2 N–H and O–H groups in total. The van der Waals surface area contributed by atoms with Crippen LogP contribution in [0.5, 0.6) is 0 Å². The highest BCUT2D eigenvalue weighted by Gasteiger charge is 2.15. The lowest BCUT2D eigenvalue weighted by Gasteiger charge is -2.18. The van der Waals surface area contributed by atoms with Crippen LogP contribution in [0.1, 0.15) is 28.5 Å². The molecule has 2 aromatic rings. The fraction of sp³-hybridized carbons (Fsp3) is 0.400. The first kappa shape index (κ1) is 13.6. The van der Waals surface area contributed by atoms with Gasteiger partial charge in [-0.15, -0.1) is 0 Å². The summed E-state index contributed by atoms with van der Waals surface area (Å²) in [5.74, 6) is -0.0685. The van der Waals surface area contributed by atoms with Crippen molar-refractivity contribution >= 4 is 16.8 Å². The predicted molar refractivity (Wildman–Crippen MR) is 76.4 cm³/mol. The van der Waals surface area contributed by atoms with Crippen molar-refractivity contribution in [2.24, 2.45) is 0 Å². The van der Waals surface area contributed by atoms with Crippen molar-refractivity contribution in [2.45, 2.75) is 26.9 Å². The van der Waals surface area contributed by atoms with E-state index in [2.05, 4.69) is 4.98 Å². The average Bonchev–Trinajstić information content (AvgIpc) is 2.63. The maximum Gasteiger partial charge on any atom is 0.253 e. The number of nitrogens with zero attached hydrogens (tertiary/aromatic N) is 1. The number of carbonyl (C=O) groups excluding carboxylic acids is 1. The number of likely N-dealkylation sites (N-methyl/N-ethyl adjacent to an activating group) is 1. The molecular weight excluding hydrogens is 240 g/mol. The molecule has 0 bridgehead atoms. The van der Waals surface area contributed by atoms with Crippen molar-refractivity contribution in [1.82, 2.24) is 9.88 Å². The molecular formula is C15H20N2O2. The summed E-state index contributed by atoms with van der Waals surface area (Å²) in [5.41, 5.74) is 3.99. The molecule has 4 nitrogen and oxygen atoms in total. The fourth-order valence-corrected chi connectivity index (χ4v) is 2.29. The molecule has 0 aliphatic rings. The van der Waals surface area contributed by atoms with E-state index in [1.807, 2.05) is 32.0 Å². The highest BCUT2D eigenvalue weighted by molar-refractivity contribution is 5.98. The molecule has 4 heteroatoms. The highest BCUT2D eigenvalue weighted by atomic mass is 16.3. The number of nitrogens with one attached hydrogen (secondary N) is 1. The van der Waals surface area contributed by atoms with Gasteiger partial charge in [0.1, 0.15) is 0 Å². The van der Waals surface area contributed by atoms with E-state index < -0.39 is 6.10 Å². The van der Waals surface area contributed by atoms with E-state index >= 15 is 0 Å². The Balaban J connectivity index is 2.35. The van der Waals surface area contributed by atoms with Crippen molar-refractivity contribution in [1.29, 1.82) is 0 Å². The summed E-state index contributed by atoms with van der Waals surface area (Å²) >= 11 is 0. The number of aliphatic hydroxyl groups excluding tert-OH is 1. The lowest BCUT2D eigenvalue weighted by Crippen LogP contribution is -2.32. The Morgan fingerprint density at radius 2 is 2.11 bits per heavy atom. The van der Waals surface area contributed by atoms with Crippen LogP contribution in [-0.4, -0.2) is 40.6 Å². The summed E-state index contributed by atoms with van der Waals surface area (Å²) in [6.45, 7) is 6.08. The van der Waals surface area contributed by atoms with Gasteiger partial charge in [-0.3, -0.25) is 4.79 Å². The third kappa shape index (κ3) is 2.63. The molecule has 1 aromatic heterocycles. The molecule has 0 radical (unpaired) electrons. The number of aliphatic hydroxyl groups is 1. The Labute approximate surface area is 113 Å². The van der Waals surface area contributed by atoms with Crippen LogP contribution < -0.4 is 0 Å². The molecule has 1 unspecified atom stereocenters. The van der Waals surface area contributed by atoms with Crippen molar-refractivity contribution in [3.8, 4) is 0 Å². The third-order valence-electron chi connectivity index (χ3n) is 3.44. The Hall–Kier alpha value is -1.81. The molecule has 0 spiro atoms. The van der Waals surface area contributed by atoms with Crippen LogP contribution in [0.4, 0.5) is 0 Å². The summed E-state index contributed by atoms with van der Waals surface area (Å²) in [5, 5.41) is 10.4. The number of fused-ring (bicyclic) bond motifs is 1. The normalized spacial score (nSPS) is 12.7. The van der Waals surface area contributed by atoms with Gasteiger partial charge in [0, 0.05) is 35.8 Å². The number of aromatic nitrogens is 1. The van der Waals surface area contributed by atoms with Crippen LogP contribution in [0, 0.1) is 13.8 Å². The number of carbonyl (C=O) groups is 1. The SMILES string of the molecule is Cc1[nH]c2ccc(C(=O)N(C)CC(C)O)cc2c1C. The Bertz CT molecular complexity index is 614. The molecule has 1 atom stereocenters. The third-order valence-corrected chi connectivity index (χ3v) is 3.44. The summed E-state index contributed by atoms with van der Waals surface area (Å²) in [7, 11) is 1.70. The number of benzene rings is 1. The topological polar surface area (TPSA) is 56.3 Å². The lowest BCUT2D eigenvalue weighted by molar-refractivity contribution is 0.0704. The second kappa shape index (κ2) is 5.05. The zero-order valence-electron chi connectivity index (χ0n) is 11.8. The van der Waals surface area contributed by atoms with E-state index in [0.717, 1.165) is 16.6 Å². The first-order valence-electron chi connectivity index (χ1n) is 6.42. The van der Waals surface area contributed by atoms with Crippen LogP contribution in [0.3, 0.4) is 0 Å². The first-order chi connectivity index (χ1) is 8.90. The number of aromatic amines is 1. The van der Waals surface area contributed by atoms with Gasteiger partial charge < -0.3 is 15.0 Å². The minimum atomic E-state index is -0.520. The molecule has 102 valence electrons. The molecule has 1 heterocycles. The number of hydrogen-bond donors (Lipinski definition) is 2. The highest BCUT2D eigenvalue weighted by Crippen LogP contribution is 2.22. The molecule has 0 fully saturated rings. The Kier molecular flexibility index (Phi) is 3.62. The van der Waals surface area contributed by atoms with Crippen LogP contribution in [-0.2, 0) is 0 Å². The Morgan fingerprint density at radius 1 is 1.42 bits per heavy atom. The van der Waals surface area contributed by atoms with E-state index in [1.54, 1.807) is 18.9 Å². The van der Waals surface area contributed by atoms with Crippen LogP contribution in [0.2, 0.25) is 0 Å². The summed E-state index contributed by atoms with van der Waals surface area (Å²) in [6, 6.07) is 5.66. The first-order valence-corrected chi connectivity index (χ1v) is 6.42. The molecule has 1 amide bonds. The molecule has 0 saturated carbocycles. The zero-order chi connectivity index (χ0) is 14.2. The van der Waals surface area contributed by atoms with Gasteiger partial charge in [0.15, 0.2) is 0 Å². The van der Waals surface area contributed by atoms with Crippen LogP contribution in [0.15, 0.2) is 18.2 Å².